The van der Waals surface area contributed by atoms with Gasteiger partial charge >= 0.3 is 0 Å². The van der Waals surface area contributed by atoms with Crippen LogP contribution in [-0.4, -0.2) is 41.3 Å². The van der Waals surface area contributed by atoms with Crippen LogP contribution in [0.2, 0.25) is 5.15 Å². The summed E-state index contributed by atoms with van der Waals surface area (Å²) in [4.78, 5) is 12.9. The first-order chi connectivity index (χ1) is 10.1. The maximum atomic E-state index is 9.93. The monoisotopic (exact) mass is 304 g/mol. The van der Waals surface area contributed by atoms with Crippen LogP contribution >= 0.6 is 11.6 Å². The summed E-state index contributed by atoms with van der Waals surface area (Å²) in [6.07, 6.45) is 0. The van der Waals surface area contributed by atoms with E-state index in [2.05, 4.69) is 19.8 Å². The van der Waals surface area contributed by atoms with Crippen molar-refractivity contribution in [2.24, 2.45) is 0 Å². The molecule has 6 heteroatoms. The van der Waals surface area contributed by atoms with E-state index in [9.17, 15) is 5.11 Å². The van der Waals surface area contributed by atoms with Crippen molar-refractivity contribution in [3.8, 4) is 5.75 Å². The predicted molar refractivity (Wildman–Crippen MR) is 84.3 cm³/mol. The first-order valence-electron chi connectivity index (χ1n) is 6.92. The molecule has 0 bridgehead atoms. The number of phenolic OH excluding ortho intramolecular Hbond substituents is 1. The van der Waals surface area contributed by atoms with Crippen molar-refractivity contribution in [2.45, 2.75) is 6.92 Å². The SMILES string of the molecule is Cc1nc(Cl)cc(N2CCN(c3ccccc3O)CC2)n1. The van der Waals surface area contributed by atoms with Crippen molar-refractivity contribution in [3.05, 3.63) is 41.3 Å². The van der Waals surface area contributed by atoms with Crippen molar-refractivity contribution in [1.82, 2.24) is 9.97 Å². The predicted octanol–water partition coefficient (Wildman–Crippen LogP) is 2.47. The van der Waals surface area contributed by atoms with Crippen LogP contribution in [0.25, 0.3) is 0 Å². The van der Waals surface area contributed by atoms with Gasteiger partial charge in [0.15, 0.2) is 0 Å². The lowest BCUT2D eigenvalue weighted by Crippen LogP contribution is -2.46. The molecule has 0 aliphatic carbocycles. The summed E-state index contributed by atoms with van der Waals surface area (Å²) in [5, 5.41) is 10.4. The summed E-state index contributed by atoms with van der Waals surface area (Å²) < 4.78 is 0. The van der Waals surface area contributed by atoms with E-state index in [0.29, 0.717) is 16.7 Å². The Bertz CT molecular complexity index is 621. The van der Waals surface area contributed by atoms with Crippen LogP contribution in [0.3, 0.4) is 0 Å². The Morgan fingerprint density at radius 2 is 1.71 bits per heavy atom. The maximum absolute atomic E-state index is 9.93. The number of hydrogen-bond donors (Lipinski definition) is 1. The highest BCUT2D eigenvalue weighted by Gasteiger charge is 2.20. The summed E-state index contributed by atoms with van der Waals surface area (Å²) in [5.74, 6) is 1.87. The van der Waals surface area contributed by atoms with Gasteiger partial charge in [0.2, 0.25) is 0 Å². The number of para-hydroxylation sites is 2. The molecule has 0 radical (unpaired) electrons. The molecule has 1 fully saturated rings. The lowest BCUT2D eigenvalue weighted by Gasteiger charge is -2.37. The molecule has 0 spiro atoms. The molecule has 1 saturated heterocycles. The van der Waals surface area contributed by atoms with E-state index in [1.54, 1.807) is 12.1 Å². The number of benzene rings is 1. The summed E-state index contributed by atoms with van der Waals surface area (Å²) in [5.41, 5.74) is 0.883. The van der Waals surface area contributed by atoms with Gasteiger partial charge in [0.05, 0.1) is 5.69 Å². The first-order valence-corrected chi connectivity index (χ1v) is 7.30. The Morgan fingerprint density at radius 3 is 2.38 bits per heavy atom. The van der Waals surface area contributed by atoms with Crippen molar-refractivity contribution in [3.63, 3.8) is 0 Å². The Labute approximate surface area is 128 Å². The molecule has 1 aromatic heterocycles. The highest BCUT2D eigenvalue weighted by molar-refractivity contribution is 6.29. The molecule has 21 heavy (non-hydrogen) atoms. The van der Waals surface area contributed by atoms with Crippen LogP contribution in [0, 0.1) is 6.92 Å². The molecule has 110 valence electrons. The molecule has 1 aliphatic rings. The molecular formula is C15H17ClN4O. The molecule has 2 aromatic rings. The number of phenols is 1. The molecule has 2 heterocycles. The topological polar surface area (TPSA) is 52.5 Å². The van der Waals surface area contributed by atoms with Gasteiger partial charge in [-0.15, -0.1) is 0 Å². The fourth-order valence-electron chi connectivity index (χ4n) is 2.59. The number of rotatable bonds is 2. The average Bonchev–Trinajstić information content (AvgIpc) is 2.47. The van der Waals surface area contributed by atoms with Gasteiger partial charge in [-0.1, -0.05) is 23.7 Å². The standard InChI is InChI=1S/C15H17ClN4O/c1-11-17-14(16)10-15(18-11)20-8-6-19(7-9-20)12-4-2-3-5-13(12)21/h2-5,10,21H,6-9H2,1H3. The average molecular weight is 305 g/mol. The van der Waals surface area contributed by atoms with Gasteiger partial charge in [0.1, 0.15) is 22.5 Å². The summed E-state index contributed by atoms with van der Waals surface area (Å²) >= 11 is 5.99. The van der Waals surface area contributed by atoms with Crippen molar-refractivity contribution in [2.75, 3.05) is 36.0 Å². The highest BCUT2D eigenvalue weighted by Crippen LogP contribution is 2.28. The summed E-state index contributed by atoms with van der Waals surface area (Å²) in [7, 11) is 0. The van der Waals surface area contributed by atoms with Crippen molar-refractivity contribution in [1.29, 1.82) is 0 Å². The van der Waals surface area contributed by atoms with Crippen molar-refractivity contribution < 1.29 is 5.11 Å². The third-order valence-corrected chi connectivity index (χ3v) is 3.81. The minimum absolute atomic E-state index is 0.326. The Hall–Kier alpha value is -2.01. The number of aromatic nitrogens is 2. The zero-order valence-corrected chi connectivity index (χ0v) is 12.6. The molecule has 0 atom stereocenters. The Balaban J connectivity index is 1.72. The number of aryl methyl sites for hydroxylation is 1. The van der Waals surface area contributed by atoms with Crippen LogP contribution in [-0.2, 0) is 0 Å². The molecule has 0 unspecified atom stereocenters. The van der Waals surface area contributed by atoms with Gasteiger partial charge in [-0.3, -0.25) is 0 Å². The van der Waals surface area contributed by atoms with Gasteiger partial charge in [-0.25, -0.2) is 9.97 Å². The largest absolute Gasteiger partial charge is 0.506 e. The minimum Gasteiger partial charge on any atom is -0.506 e. The maximum Gasteiger partial charge on any atom is 0.138 e. The molecule has 1 aliphatic heterocycles. The van der Waals surface area contributed by atoms with E-state index >= 15 is 0 Å². The van der Waals surface area contributed by atoms with Crippen LogP contribution in [0.1, 0.15) is 5.82 Å². The minimum atomic E-state index is 0.326. The summed E-state index contributed by atoms with van der Waals surface area (Å²) in [6.45, 7) is 5.17. The van der Waals surface area contributed by atoms with Gasteiger partial charge in [0.25, 0.3) is 0 Å². The fourth-order valence-corrected chi connectivity index (χ4v) is 2.81. The number of hydrogen-bond acceptors (Lipinski definition) is 5. The van der Waals surface area contributed by atoms with Crippen molar-refractivity contribution >= 4 is 23.1 Å². The second-order valence-corrected chi connectivity index (χ2v) is 5.45. The second-order valence-electron chi connectivity index (χ2n) is 5.06. The number of aromatic hydroxyl groups is 1. The third kappa shape index (κ3) is 3.03. The van der Waals surface area contributed by atoms with Gasteiger partial charge < -0.3 is 14.9 Å². The van der Waals surface area contributed by atoms with Gasteiger partial charge in [0, 0.05) is 32.2 Å². The molecule has 3 rings (SSSR count). The zero-order chi connectivity index (χ0) is 14.8. The Morgan fingerprint density at radius 1 is 1.05 bits per heavy atom. The molecule has 1 N–H and O–H groups in total. The third-order valence-electron chi connectivity index (χ3n) is 3.62. The van der Waals surface area contributed by atoms with E-state index in [1.165, 1.54) is 0 Å². The fraction of sp³-hybridized carbons (Fsp3) is 0.333. The molecule has 0 amide bonds. The Kier molecular flexibility index (Phi) is 3.84. The molecule has 1 aromatic carbocycles. The van der Waals surface area contributed by atoms with Crippen LogP contribution in [0.15, 0.2) is 30.3 Å². The number of halogens is 1. The quantitative estimate of drug-likeness (QED) is 0.864. The summed E-state index contributed by atoms with van der Waals surface area (Å²) in [6, 6.07) is 9.23. The number of nitrogens with zero attached hydrogens (tertiary/aromatic N) is 4. The van der Waals surface area contributed by atoms with Crippen LogP contribution in [0.4, 0.5) is 11.5 Å². The highest BCUT2D eigenvalue weighted by atomic mass is 35.5. The lowest BCUT2D eigenvalue weighted by atomic mass is 10.2. The van der Waals surface area contributed by atoms with E-state index in [-0.39, 0.29) is 0 Å². The number of anilines is 2. The molecular weight excluding hydrogens is 288 g/mol. The van der Waals surface area contributed by atoms with E-state index < -0.39 is 0 Å². The molecule has 0 saturated carbocycles. The molecule has 5 nitrogen and oxygen atoms in total. The van der Waals surface area contributed by atoms with Gasteiger partial charge in [-0.05, 0) is 19.1 Å². The zero-order valence-electron chi connectivity index (χ0n) is 11.8. The first kappa shape index (κ1) is 13.9. The second kappa shape index (κ2) is 5.77. The smallest absolute Gasteiger partial charge is 0.138 e. The van der Waals surface area contributed by atoms with E-state index in [4.69, 9.17) is 11.6 Å². The van der Waals surface area contributed by atoms with Crippen LogP contribution in [0.5, 0.6) is 5.75 Å². The van der Waals surface area contributed by atoms with Gasteiger partial charge in [-0.2, -0.15) is 0 Å². The van der Waals surface area contributed by atoms with E-state index in [1.807, 2.05) is 25.1 Å². The van der Waals surface area contributed by atoms with E-state index in [0.717, 1.165) is 37.7 Å². The number of piperazine rings is 1. The lowest BCUT2D eigenvalue weighted by molar-refractivity contribution is 0.472. The normalized spacial score (nSPS) is 15.3. The van der Waals surface area contributed by atoms with Crippen LogP contribution < -0.4 is 9.80 Å².